The van der Waals surface area contributed by atoms with Gasteiger partial charge in [-0.2, -0.15) is 15.0 Å². The molecule has 0 amide bonds. The Kier molecular flexibility index (Phi) is 5.89. The molecule has 0 aliphatic carbocycles. The highest BCUT2D eigenvalue weighted by Crippen LogP contribution is 2.27. The highest BCUT2D eigenvalue weighted by molar-refractivity contribution is 9.10. The summed E-state index contributed by atoms with van der Waals surface area (Å²) in [6.07, 6.45) is 3.34. The number of anilines is 3. The lowest BCUT2D eigenvalue weighted by atomic mass is 10.0. The van der Waals surface area contributed by atoms with Crippen LogP contribution in [-0.4, -0.2) is 27.5 Å². The first-order valence-corrected chi connectivity index (χ1v) is 10.4. The Bertz CT molecular complexity index is 985. The van der Waals surface area contributed by atoms with E-state index < -0.39 is 0 Å². The Morgan fingerprint density at radius 1 is 1.07 bits per heavy atom. The summed E-state index contributed by atoms with van der Waals surface area (Å²) in [5, 5.41) is 2.95. The zero-order valence-electron chi connectivity index (χ0n) is 16.0. The molecule has 4 rings (SSSR count). The van der Waals surface area contributed by atoms with Crippen LogP contribution >= 0.6 is 15.9 Å². The third kappa shape index (κ3) is 4.82. The van der Waals surface area contributed by atoms with Crippen molar-refractivity contribution in [3.63, 3.8) is 0 Å². The second-order valence-corrected chi connectivity index (χ2v) is 7.86. The van der Waals surface area contributed by atoms with Crippen LogP contribution in [0.5, 0.6) is 11.8 Å². The summed E-state index contributed by atoms with van der Waals surface area (Å²) < 4.78 is 20.9. The third-order valence-electron chi connectivity index (χ3n) is 4.81. The van der Waals surface area contributed by atoms with E-state index in [0.717, 1.165) is 23.9 Å². The Hall–Kier alpha value is -2.74. The molecule has 1 aromatic heterocycles. The molecule has 1 fully saturated rings. The molecule has 29 heavy (non-hydrogen) atoms. The van der Waals surface area contributed by atoms with E-state index in [1.807, 2.05) is 24.3 Å². The highest BCUT2D eigenvalue weighted by atomic mass is 79.9. The van der Waals surface area contributed by atoms with Crippen molar-refractivity contribution in [2.45, 2.75) is 32.2 Å². The second kappa shape index (κ2) is 8.73. The van der Waals surface area contributed by atoms with E-state index >= 15 is 0 Å². The van der Waals surface area contributed by atoms with Gasteiger partial charge >= 0.3 is 6.01 Å². The van der Waals surface area contributed by atoms with Crippen LogP contribution in [0, 0.1) is 5.82 Å². The minimum Gasteiger partial charge on any atom is -0.424 e. The molecule has 0 spiro atoms. The van der Waals surface area contributed by atoms with Gasteiger partial charge in [-0.05, 0) is 62.6 Å². The molecule has 0 radical (unpaired) electrons. The van der Waals surface area contributed by atoms with Gasteiger partial charge in [0.15, 0.2) is 0 Å². The molecule has 3 aromatic rings. The smallest absolute Gasteiger partial charge is 0.328 e. The number of halogens is 2. The largest absolute Gasteiger partial charge is 0.424 e. The molecule has 1 saturated heterocycles. The molecular formula is C21H21BrFN5O. The van der Waals surface area contributed by atoms with E-state index in [0.29, 0.717) is 23.4 Å². The van der Waals surface area contributed by atoms with Crippen molar-refractivity contribution in [2.75, 3.05) is 16.8 Å². The minimum atomic E-state index is -0.379. The molecule has 0 saturated carbocycles. The van der Waals surface area contributed by atoms with Crippen LogP contribution in [-0.2, 0) is 0 Å². The number of para-hydroxylation sites is 1. The van der Waals surface area contributed by atoms with Gasteiger partial charge in [0.1, 0.15) is 11.6 Å². The predicted octanol–water partition coefficient (Wildman–Crippen LogP) is 5.69. The first-order chi connectivity index (χ1) is 14.1. The lowest BCUT2D eigenvalue weighted by Gasteiger charge is -2.33. The Labute approximate surface area is 177 Å². The van der Waals surface area contributed by atoms with E-state index in [1.165, 1.54) is 12.5 Å². The van der Waals surface area contributed by atoms with Crippen LogP contribution in [0.25, 0.3) is 0 Å². The first kappa shape index (κ1) is 19.6. The standard InChI is InChI=1S/C21H21BrFN5O/c1-14-6-4-5-13-28(14)20-25-19(24-18-8-3-2-7-17(18)23)26-21(27-20)29-16-11-9-15(22)10-12-16/h2-3,7-12,14H,4-6,13H2,1H3,(H,24,25,26,27)/t14-/m0/s1. The zero-order chi connectivity index (χ0) is 20.2. The Balaban J connectivity index is 1.68. The lowest BCUT2D eigenvalue weighted by molar-refractivity contribution is 0.432. The van der Waals surface area contributed by atoms with Gasteiger partial charge in [0, 0.05) is 17.1 Å². The van der Waals surface area contributed by atoms with Gasteiger partial charge in [0.05, 0.1) is 5.69 Å². The van der Waals surface area contributed by atoms with Crippen LogP contribution in [0.2, 0.25) is 0 Å². The molecule has 6 nitrogen and oxygen atoms in total. The molecule has 0 unspecified atom stereocenters. The van der Waals surface area contributed by atoms with Crippen LogP contribution in [0.4, 0.5) is 22.0 Å². The number of hydrogen-bond donors (Lipinski definition) is 1. The summed E-state index contributed by atoms with van der Waals surface area (Å²) in [7, 11) is 0. The van der Waals surface area contributed by atoms with E-state index in [9.17, 15) is 4.39 Å². The maximum Gasteiger partial charge on any atom is 0.328 e. The van der Waals surface area contributed by atoms with Gasteiger partial charge in [-0.1, -0.05) is 28.1 Å². The van der Waals surface area contributed by atoms with Gasteiger partial charge in [0.25, 0.3) is 0 Å². The molecular weight excluding hydrogens is 437 g/mol. The molecule has 1 aliphatic rings. The van der Waals surface area contributed by atoms with E-state index in [1.54, 1.807) is 18.2 Å². The quantitative estimate of drug-likeness (QED) is 0.530. The maximum atomic E-state index is 14.1. The number of aromatic nitrogens is 3. The maximum absolute atomic E-state index is 14.1. The van der Waals surface area contributed by atoms with Crippen LogP contribution in [0.1, 0.15) is 26.2 Å². The monoisotopic (exact) mass is 457 g/mol. The molecule has 2 aromatic carbocycles. The van der Waals surface area contributed by atoms with Crippen LogP contribution in [0.3, 0.4) is 0 Å². The summed E-state index contributed by atoms with van der Waals surface area (Å²) in [5.41, 5.74) is 0.297. The van der Waals surface area contributed by atoms with Gasteiger partial charge in [-0.15, -0.1) is 0 Å². The van der Waals surface area contributed by atoms with Crippen molar-refractivity contribution in [3.8, 4) is 11.8 Å². The number of nitrogens with zero attached hydrogens (tertiary/aromatic N) is 4. The number of nitrogens with one attached hydrogen (secondary N) is 1. The van der Waals surface area contributed by atoms with Gasteiger partial charge in [0.2, 0.25) is 11.9 Å². The molecule has 150 valence electrons. The van der Waals surface area contributed by atoms with Crippen molar-refractivity contribution in [2.24, 2.45) is 0 Å². The van der Waals surface area contributed by atoms with Crippen molar-refractivity contribution in [1.82, 2.24) is 15.0 Å². The highest BCUT2D eigenvalue weighted by Gasteiger charge is 2.23. The number of piperidine rings is 1. The average molecular weight is 458 g/mol. The SMILES string of the molecule is C[C@H]1CCCCN1c1nc(Nc2ccccc2F)nc(Oc2ccc(Br)cc2)n1. The molecule has 0 bridgehead atoms. The second-order valence-electron chi connectivity index (χ2n) is 6.94. The summed E-state index contributed by atoms with van der Waals surface area (Å²) in [6.45, 7) is 3.02. The molecule has 1 N–H and O–H groups in total. The van der Waals surface area contributed by atoms with Crippen molar-refractivity contribution < 1.29 is 9.13 Å². The van der Waals surface area contributed by atoms with Gasteiger partial charge in [-0.25, -0.2) is 4.39 Å². The van der Waals surface area contributed by atoms with Crippen molar-refractivity contribution in [1.29, 1.82) is 0 Å². The summed E-state index contributed by atoms with van der Waals surface area (Å²) in [5.74, 6) is 0.994. The van der Waals surface area contributed by atoms with Crippen molar-refractivity contribution >= 4 is 33.5 Å². The summed E-state index contributed by atoms with van der Waals surface area (Å²) >= 11 is 3.41. The van der Waals surface area contributed by atoms with E-state index in [-0.39, 0.29) is 17.8 Å². The first-order valence-electron chi connectivity index (χ1n) is 9.56. The number of ether oxygens (including phenoxy) is 1. The molecule has 1 aliphatic heterocycles. The number of rotatable bonds is 5. The minimum absolute atomic E-state index is 0.161. The fourth-order valence-electron chi connectivity index (χ4n) is 3.26. The number of hydrogen-bond acceptors (Lipinski definition) is 6. The van der Waals surface area contributed by atoms with E-state index in [4.69, 9.17) is 4.74 Å². The topological polar surface area (TPSA) is 63.2 Å². The third-order valence-corrected chi connectivity index (χ3v) is 5.33. The fourth-order valence-corrected chi connectivity index (χ4v) is 3.53. The fraction of sp³-hybridized carbons (Fsp3) is 0.286. The summed E-state index contributed by atoms with van der Waals surface area (Å²) in [6, 6.07) is 14.3. The summed E-state index contributed by atoms with van der Waals surface area (Å²) in [4.78, 5) is 15.6. The zero-order valence-corrected chi connectivity index (χ0v) is 17.6. The lowest BCUT2D eigenvalue weighted by Crippen LogP contribution is -2.38. The van der Waals surface area contributed by atoms with Crippen molar-refractivity contribution in [3.05, 3.63) is 58.8 Å². The number of benzene rings is 2. The predicted molar refractivity (Wildman–Crippen MR) is 114 cm³/mol. The molecule has 8 heteroatoms. The average Bonchev–Trinajstić information content (AvgIpc) is 2.72. The van der Waals surface area contributed by atoms with Gasteiger partial charge < -0.3 is 15.0 Å². The normalized spacial score (nSPS) is 16.5. The van der Waals surface area contributed by atoms with E-state index in [2.05, 4.69) is 48.0 Å². The van der Waals surface area contributed by atoms with Crippen LogP contribution in [0.15, 0.2) is 53.0 Å². The Morgan fingerprint density at radius 2 is 1.86 bits per heavy atom. The Morgan fingerprint density at radius 3 is 2.62 bits per heavy atom. The van der Waals surface area contributed by atoms with Gasteiger partial charge in [-0.3, -0.25) is 0 Å². The molecule has 2 heterocycles. The molecule has 1 atom stereocenters. The van der Waals surface area contributed by atoms with Crippen LogP contribution < -0.4 is 15.0 Å².